The summed E-state index contributed by atoms with van der Waals surface area (Å²) in [5, 5.41) is 4.45. The van der Waals surface area contributed by atoms with E-state index in [9.17, 15) is 4.79 Å². The number of likely N-dealkylation sites (tertiary alicyclic amines) is 1. The second kappa shape index (κ2) is 6.94. The lowest BCUT2D eigenvalue weighted by Gasteiger charge is -2.24. The number of aryl methyl sites for hydroxylation is 3. The summed E-state index contributed by atoms with van der Waals surface area (Å²) >= 11 is 0. The van der Waals surface area contributed by atoms with Gasteiger partial charge in [0.05, 0.1) is 17.4 Å². The Hall–Kier alpha value is -2.17. The molecular formula is C18H24N4O. The molecule has 0 aromatic carbocycles. The molecule has 0 aliphatic carbocycles. The monoisotopic (exact) mass is 312 g/mol. The fourth-order valence-electron chi connectivity index (χ4n) is 3.37. The minimum atomic E-state index is 0.150. The van der Waals surface area contributed by atoms with E-state index in [2.05, 4.69) is 23.1 Å². The number of amides is 1. The minimum Gasteiger partial charge on any atom is -0.334 e. The summed E-state index contributed by atoms with van der Waals surface area (Å²) in [4.78, 5) is 19.0. The van der Waals surface area contributed by atoms with Crippen LogP contribution in [0.2, 0.25) is 0 Å². The molecule has 5 nitrogen and oxygen atoms in total. The molecule has 0 N–H and O–H groups in total. The predicted molar refractivity (Wildman–Crippen MR) is 88.9 cm³/mol. The lowest BCUT2D eigenvalue weighted by Crippen LogP contribution is -2.31. The van der Waals surface area contributed by atoms with E-state index in [1.165, 1.54) is 0 Å². The van der Waals surface area contributed by atoms with Crippen LogP contribution in [0.25, 0.3) is 0 Å². The Bertz CT molecular complexity index is 665. The first-order valence-electron chi connectivity index (χ1n) is 8.36. The van der Waals surface area contributed by atoms with Crippen molar-refractivity contribution in [2.24, 2.45) is 0 Å². The molecule has 2 aromatic rings. The minimum absolute atomic E-state index is 0.150. The number of aromatic nitrogens is 3. The Morgan fingerprint density at radius 3 is 2.91 bits per heavy atom. The summed E-state index contributed by atoms with van der Waals surface area (Å²) in [5.74, 6) is 0.236. The fraction of sp³-hybridized carbons (Fsp3) is 0.500. The molecule has 1 aliphatic rings. The van der Waals surface area contributed by atoms with Crippen LogP contribution in [0, 0.1) is 13.8 Å². The Morgan fingerprint density at radius 2 is 2.22 bits per heavy atom. The van der Waals surface area contributed by atoms with E-state index in [0.717, 1.165) is 49.4 Å². The Morgan fingerprint density at radius 1 is 1.35 bits per heavy atom. The molecule has 1 saturated heterocycles. The first kappa shape index (κ1) is 15.7. The highest BCUT2D eigenvalue weighted by Crippen LogP contribution is 2.31. The molecule has 0 radical (unpaired) electrons. The Labute approximate surface area is 137 Å². The molecular weight excluding hydrogens is 288 g/mol. The van der Waals surface area contributed by atoms with Gasteiger partial charge in [-0.3, -0.25) is 14.5 Å². The van der Waals surface area contributed by atoms with Crippen molar-refractivity contribution < 1.29 is 4.79 Å². The normalized spacial score (nSPS) is 17.7. The van der Waals surface area contributed by atoms with E-state index in [1.54, 1.807) is 6.20 Å². The van der Waals surface area contributed by atoms with Crippen LogP contribution in [0.3, 0.4) is 0 Å². The molecule has 1 atom stereocenters. The second-order valence-corrected chi connectivity index (χ2v) is 6.25. The third kappa shape index (κ3) is 3.60. The maximum absolute atomic E-state index is 12.6. The van der Waals surface area contributed by atoms with Crippen LogP contribution in [0.1, 0.15) is 48.8 Å². The molecule has 0 saturated carbocycles. The smallest absolute Gasteiger partial charge is 0.223 e. The average Bonchev–Trinajstić information content (AvgIpc) is 3.15. The van der Waals surface area contributed by atoms with Gasteiger partial charge in [0.2, 0.25) is 5.91 Å². The van der Waals surface area contributed by atoms with Crippen LogP contribution in [0.4, 0.5) is 0 Å². The molecule has 1 fully saturated rings. The van der Waals surface area contributed by atoms with E-state index in [1.807, 2.05) is 34.7 Å². The fourth-order valence-corrected chi connectivity index (χ4v) is 3.37. The summed E-state index contributed by atoms with van der Waals surface area (Å²) in [5.41, 5.74) is 3.20. The van der Waals surface area contributed by atoms with Gasteiger partial charge in [-0.1, -0.05) is 6.07 Å². The molecule has 1 amide bonds. The quantitative estimate of drug-likeness (QED) is 0.852. The number of hydrogen-bond acceptors (Lipinski definition) is 3. The van der Waals surface area contributed by atoms with Crippen molar-refractivity contribution in [2.75, 3.05) is 6.54 Å². The Kier molecular flexibility index (Phi) is 4.74. The summed E-state index contributed by atoms with van der Waals surface area (Å²) in [7, 11) is 0. The molecule has 23 heavy (non-hydrogen) atoms. The molecule has 122 valence electrons. The molecule has 1 aliphatic heterocycles. The number of nitrogens with zero attached hydrogens (tertiary/aromatic N) is 4. The molecule has 3 heterocycles. The van der Waals surface area contributed by atoms with Gasteiger partial charge in [0.1, 0.15) is 0 Å². The van der Waals surface area contributed by atoms with Gasteiger partial charge in [0.25, 0.3) is 0 Å². The van der Waals surface area contributed by atoms with Crippen molar-refractivity contribution in [1.29, 1.82) is 0 Å². The first-order chi connectivity index (χ1) is 11.1. The maximum Gasteiger partial charge on any atom is 0.223 e. The highest BCUT2D eigenvalue weighted by atomic mass is 16.2. The van der Waals surface area contributed by atoms with Gasteiger partial charge < -0.3 is 4.90 Å². The van der Waals surface area contributed by atoms with E-state index in [4.69, 9.17) is 0 Å². The van der Waals surface area contributed by atoms with Crippen LogP contribution in [-0.2, 0) is 11.3 Å². The SMILES string of the molecule is Cc1cc(C)n(CCCC(=O)N2CCC[C@H]2c2ccccn2)n1. The molecule has 0 spiro atoms. The summed E-state index contributed by atoms with van der Waals surface area (Å²) in [6.07, 6.45) is 5.28. The number of carbonyl (C=O) groups is 1. The molecule has 3 rings (SSSR count). The van der Waals surface area contributed by atoms with Crippen molar-refractivity contribution in [2.45, 2.75) is 52.1 Å². The zero-order valence-electron chi connectivity index (χ0n) is 13.9. The van der Waals surface area contributed by atoms with E-state index >= 15 is 0 Å². The van der Waals surface area contributed by atoms with Crippen molar-refractivity contribution in [1.82, 2.24) is 19.7 Å². The van der Waals surface area contributed by atoms with Crippen molar-refractivity contribution in [3.8, 4) is 0 Å². The van der Waals surface area contributed by atoms with Gasteiger partial charge in [-0.15, -0.1) is 0 Å². The molecule has 0 bridgehead atoms. The van der Waals surface area contributed by atoms with Gasteiger partial charge >= 0.3 is 0 Å². The van der Waals surface area contributed by atoms with Crippen LogP contribution in [0.5, 0.6) is 0 Å². The lowest BCUT2D eigenvalue weighted by molar-refractivity contribution is -0.132. The summed E-state index contributed by atoms with van der Waals surface area (Å²) < 4.78 is 1.99. The average molecular weight is 312 g/mol. The molecule has 5 heteroatoms. The number of pyridine rings is 1. The van der Waals surface area contributed by atoms with E-state index in [-0.39, 0.29) is 11.9 Å². The summed E-state index contributed by atoms with van der Waals surface area (Å²) in [6.45, 7) is 5.70. The van der Waals surface area contributed by atoms with Gasteiger partial charge in [-0.05, 0) is 51.3 Å². The van der Waals surface area contributed by atoms with E-state index in [0.29, 0.717) is 6.42 Å². The van der Waals surface area contributed by atoms with Crippen molar-refractivity contribution >= 4 is 5.91 Å². The van der Waals surface area contributed by atoms with Gasteiger partial charge in [0.15, 0.2) is 0 Å². The molecule has 2 aromatic heterocycles. The number of carbonyl (C=O) groups excluding carboxylic acids is 1. The highest BCUT2D eigenvalue weighted by molar-refractivity contribution is 5.76. The largest absolute Gasteiger partial charge is 0.334 e. The predicted octanol–water partition coefficient (Wildman–Crippen LogP) is 3.04. The third-order valence-electron chi connectivity index (χ3n) is 4.47. The van der Waals surface area contributed by atoms with Gasteiger partial charge in [0, 0.05) is 31.4 Å². The lowest BCUT2D eigenvalue weighted by atomic mass is 10.1. The molecule has 0 unspecified atom stereocenters. The second-order valence-electron chi connectivity index (χ2n) is 6.25. The maximum atomic E-state index is 12.6. The van der Waals surface area contributed by atoms with Gasteiger partial charge in [-0.25, -0.2) is 0 Å². The van der Waals surface area contributed by atoms with Gasteiger partial charge in [-0.2, -0.15) is 5.10 Å². The first-order valence-corrected chi connectivity index (χ1v) is 8.36. The van der Waals surface area contributed by atoms with Crippen LogP contribution >= 0.6 is 0 Å². The zero-order chi connectivity index (χ0) is 16.2. The van der Waals surface area contributed by atoms with Crippen LogP contribution < -0.4 is 0 Å². The summed E-state index contributed by atoms with van der Waals surface area (Å²) in [6, 6.07) is 8.15. The topological polar surface area (TPSA) is 51.0 Å². The van der Waals surface area contributed by atoms with Crippen LogP contribution in [-0.4, -0.2) is 32.1 Å². The standard InChI is InChI=1S/C18H24N4O/c1-14-13-15(2)22(20-14)12-6-9-18(23)21-11-5-8-17(21)16-7-3-4-10-19-16/h3-4,7,10,13,17H,5-6,8-9,11-12H2,1-2H3/t17-/m0/s1. The van der Waals surface area contributed by atoms with Crippen molar-refractivity contribution in [3.05, 3.63) is 47.5 Å². The zero-order valence-corrected chi connectivity index (χ0v) is 13.9. The highest BCUT2D eigenvalue weighted by Gasteiger charge is 2.30. The third-order valence-corrected chi connectivity index (χ3v) is 4.47. The van der Waals surface area contributed by atoms with Crippen molar-refractivity contribution in [3.63, 3.8) is 0 Å². The Balaban J connectivity index is 1.56. The van der Waals surface area contributed by atoms with Crippen LogP contribution in [0.15, 0.2) is 30.5 Å². The number of hydrogen-bond donors (Lipinski definition) is 0. The van der Waals surface area contributed by atoms with E-state index < -0.39 is 0 Å². The number of rotatable bonds is 5.